The number of Topliss-reactive ketones (excluding diaryl/α,β-unsaturated/α-hetero) is 1. The predicted molar refractivity (Wildman–Crippen MR) is 89.0 cm³/mol. The van der Waals surface area contributed by atoms with E-state index in [2.05, 4.69) is 5.32 Å². The van der Waals surface area contributed by atoms with E-state index in [1.807, 2.05) is 6.92 Å². The van der Waals surface area contributed by atoms with Crippen LogP contribution >= 0.6 is 11.8 Å². The predicted octanol–water partition coefficient (Wildman–Crippen LogP) is 4.28. The molecule has 0 heterocycles. The first-order chi connectivity index (χ1) is 10.1. The van der Waals surface area contributed by atoms with Crippen molar-refractivity contribution in [2.75, 3.05) is 5.32 Å². The van der Waals surface area contributed by atoms with Gasteiger partial charge in [0, 0.05) is 16.5 Å². The van der Waals surface area contributed by atoms with Gasteiger partial charge in [0.2, 0.25) is 5.91 Å². The number of thioether (sulfide) groups is 1. The second kappa shape index (κ2) is 7.64. The Morgan fingerprint density at radius 3 is 2.33 bits per heavy atom. The number of hydrogen-bond donors (Lipinski definition) is 1. The van der Waals surface area contributed by atoms with Crippen LogP contribution in [-0.4, -0.2) is 22.2 Å². The minimum absolute atomic E-state index is 0.0362. The molecular formula is C17H23NO2S. The van der Waals surface area contributed by atoms with Crippen LogP contribution in [0, 0.1) is 0 Å². The Bertz CT molecular complexity index is 492. The Morgan fingerprint density at radius 1 is 1.14 bits per heavy atom. The summed E-state index contributed by atoms with van der Waals surface area (Å²) in [5, 5.41) is 3.51. The van der Waals surface area contributed by atoms with Gasteiger partial charge in [-0.05, 0) is 51.0 Å². The number of carbonyl (C=O) groups is 2. The lowest BCUT2D eigenvalue weighted by Gasteiger charge is -2.23. The molecule has 0 bridgehead atoms. The molecular weight excluding hydrogens is 282 g/mol. The van der Waals surface area contributed by atoms with Gasteiger partial charge in [-0.25, -0.2) is 0 Å². The van der Waals surface area contributed by atoms with Crippen molar-refractivity contribution in [2.45, 2.75) is 56.5 Å². The third-order valence-corrected chi connectivity index (χ3v) is 5.36. The van der Waals surface area contributed by atoms with E-state index >= 15 is 0 Å². The van der Waals surface area contributed by atoms with E-state index in [9.17, 15) is 9.59 Å². The van der Waals surface area contributed by atoms with Crippen LogP contribution in [0.4, 0.5) is 5.69 Å². The molecule has 4 heteroatoms. The monoisotopic (exact) mass is 305 g/mol. The maximum absolute atomic E-state index is 12.2. The lowest BCUT2D eigenvalue weighted by molar-refractivity contribution is -0.115. The zero-order valence-electron chi connectivity index (χ0n) is 12.7. The number of benzene rings is 1. The standard InChI is InChI=1S/C17H23NO2S/c1-12(19)14-8-10-15(11-9-14)18-17(20)13(2)21-16-6-4-3-5-7-16/h8-11,13,16H,3-7H2,1-2H3,(H,18,20). The van der Waals surface area contributed by atoms with Gasteiger partial charge in [-0.15, -0.1) is 11.8 Å². The summed E-state index contributed by atoms with van der Waals surface area (Å²) in [7, 11) is 0. The average Bonchev–Trinajstić information content (AvgIpc) is 2.48. The number of carbonyl (C=O) groups excluding carboxylic acids is 2. The summed E-state index contributed by atoms with van der Waals surface area (Å²) >= 11 is 1.79. The molecule has 1 aliphatic carbocycles. The SMILES string of the molecule is CC(=O)c1ccc(NC(=O)C(C)SC2CCCCC2)cc1. The van der Waals surface area contributed by atoms with E-state index in [1.54, 1.807) is 36.0 Å². The fourth-order valence-corrected chi connectivity index (χ4v) is 3.95. The second-order valence-electron chi connectivity index (χ2n) is 5.66. The molecule has 1 fully saturated rings. The van der Waals surface area contributed by atoms with Gasteiger partial charge >= 0.3 is 0 Å². The number of rotatable bonds is 5. The molecule has 1 aromatic rings. The summed E-state index contributed by atoms with van der Waals surface area (Å²) in [5.41, 5.74) is 1.42. The highest BCUT2D eigenvalue weighted by atomic mass is 32.2. The maximum atomic E-state index is 12.2. The second-order valence-corrected chi connectivity index (χ2v) is 7.31. The number of hydrogen-bond acceptors (Lipinski definition) is 3. The molecule has 1 aromatic carbocycles. The topological polar surface area (TPSA) is 46.2 Å². The Hall–Kier alpha value is -1.29. The molecule has 114 valence electrons. The van der Waals surface area contributed by atoms with Crippen molar-refractivity contribution in [1.29, 1.82) is 0 Å². The van der Waals surface area contributed by atoms with Gasteiger partial charge in [0.05, 0.1) is 5.25 Å². The van der Waals surface area contributed by atoms with E-state index in [1.165, 1.54) is 39.0 Å². The summed E-state index contributed by atoms with van der Waals surface area (Å²) in [4.78, 5) is 23.4. The molecule has 3 nitrogen and oxygen atoms in total. The summed E-state index contributed by atoms with van der Waals surface area (Å²) in [6, 6.07) is 7.06. The lowest BCUT2D eigenvalue weighted by Crippen LogP contribution is -2.25. The minimum Gasteiger partial charge on any atom is -0.325 e. The zero-order chi connectivity index (χ0) is 15.2. The van der Waals surface area contributed by atoms with Crippen LogP contribution in [0.5, 0.6) is 0 Å². The fraction of sp³-hybridized carbons (Fsp3) is 0.529. The van der Waals surface area contributed by atoms with Crippen molar-refractivity contribution >= 4 is 29.1 Å². The van der Waals surface area contributed by atoms with Crippen LogP contribution in [0.3, 0.4) is 0 Å². The number of amides is 1. The van der Waals surface area contributed by atoms with Gasteiger partial charge in [-0.3, -0.25) is 9.59 Å². The summed E-state index contributed by atoms with van der Waals surface area (Å²) < 4.78 is 0. The van der Waals surface area contributed by atoms with Gasteiger partial charge in [0.25, 0.3) is 0 Å². The third kappa shape index (κ3) is 4.88. The van der Waals surface area contributed by atoms with E-state index in [-0.39, 0.29) is 16.9 Å². The van der Waals surface area contributed by atoms with E-state index < -0.39 is 0 Å². The van der Waals surface area contributed by atoms with Crippen LogP contribution in [0.15, 0.2) is 24.3 Å². The van der Waals surface area contributed by atoms with Gasteiger partial charge in [-0.1, -0.05) is 19.3 Å². The molecule has 0 radical (unpaired) electrons. The molecule has 1 amide bonds. The van der Waals surface area contributed by atoms with E-state index in [0.29, 0.717) is 10.8 Å². The Balaban J connectivity index is 1.86. The van der Waals surface area contributed by atoms with Crippen LogP contribution in [0.25, 0.3) is 0 Å². The molecule has 1 N–H and O–H groups in total. The van der Waals surface area contributed by atoms with Gasteiger partial charge in [-0.2, -0.15) is 0 Å². The summed E-state index contributed by atoms with van der Waals surface area (Å²) in [6.07, 6.45) is 6.38. The fourth-order valence-electron chi connectivity index (χ4n) is 2.58. The molecule has 0 aliphatic heterocycles. The molecule has 1 aliphatic rings. The van der Waals surface area contributed by atoms with Crippen molar-refractivity contribution in [1.82, 2.24) is 0 Å². The van der Waals surface area contributed by atoms with E-state index in [4.69, 9.17) is 0 Å². The Kier molecular flexibility index (Phi) is 5.85. The zero-order valence-corrected chi connectivity index (χ0v) is 13.5. The van der Waals surface area contributed by atoms with Crippen molar-refractivity contribution in [2.24, 2.45) is 0 Å². The first-order valence-electron chi connectivity index (χ1n) is 7.63. The van der Waals surface area contributed by atoms with E-state index in [0.717, 1.165) is 5.69 Å². The molecule has 0 aromatic heterocycles. The first-order valence-corrected chi connectivity index (χ1v) is 8.58. The van der Waals surface area contributed by atoms with Gasteiger partial charge in [0.15, 0.2) is 5.78 Å². The van der Waals surface area contributed by atoms with Crippen molar-refractivity contribution in [3.63, 3.8) is 0 Å². The molecule has 0 saturated heterocycles. The highest BCUT2D eigenvalue weighted by Gasteiger charge is 2.21. The van der Waals surface area contributed by atoms with Crippen LogP contribution in [0.2, 0.25) is 0 Å². The van der Waals surface area contributed by atoms with Crippen molar-refractivity contribution < 1.29 is 9.59 Å². The number of ketones is 1. The normalized spacial score (nSPS) is 17.2. The van der Waals surface area contributed by atoms with Crippen molar-refractivity contribution in [3.05, 3.63) is 29.8 Å². The van der Waals surface area contributed by atoms with Crippen LogP contribution in [0.1, 0.15) is 56.3 Å². The van der Waals surface area contributed by atoms with Crippen molar-refractivity contribution in [3.8, 4) is 0 Å². The van der Waals surface area contributed by atoms with Gasteiger partial charge < -0.3 is 5.32 Å². The maximum Gasteiger partial charge on any atom is 0.237 e. The number of nitrogens with one attached hydrogen (secondary N) is 1. The molecule has 2 rings (SSSR count). The number of anilines is 1. The average molecular weight is 305 g/mol. The smallest absolute Gasteiger partial charge is 0.237 e. The highest BCUT2D eigenvalue weighted by molar-refractivity contribution is 8.01. The highest BCUT2D eigenvalue weighted by Crippen LogP contribution is 2.31. The Morgan fingerprint density at radius 2 is 1.76 bits per heavy atom. The summed E-state index contributed by atoms with van der Waals surface area (Å²) in [5.74, 6) is 0.0789. The van der Waals surface area contributed by atoms with Gasteiger partial charge in [0.1, 0.15) is 0 Å². The molecule has 1 unspecified atom stereocenters. The lowest BCUT2D eigenvalue weighted by atomic mass is 10.0. The quantitative estimate of drug-likeness (QED) is 0.826. The third-order valence-electron chi connectivity index (χ3n) is 3.88. The summed E-state index contributed by atoms with van der Waals surface area (Å²) in [6.45, 7) is 3.51. The largest absolute Gasteiger partial charge is 0.325 e. The van der Waals surface area contributed by atoms with Crippen LogP contribution < -0.4 is 5.32 Å². The molecule has 0 spiro atoms. The van der Waals surface area contributed by atoms with Crippen LogP contribution in [-0.2, 0) is 4.79 Å². The molecule has 1 atom stereocenters. The first kappa shape index (κ1) is 16.1. The molecule has 21 heavy (non-hydrogen) atoms. The Labute approximate surface area is 130 Å². The molecule has 1 saturated carbocycles. The minimum atomic E-state index is -0.0411.